The van der Waals surface area contributed by atoms with Crippen LogP contribution in [0.1, 0.15) is 23.1 Å². The quantitative estimate of drug-likeness (QED) is 0.332. The van der Waals surface area contributed by atoms with Crippen LogP contribution in [-0.4, -0.2) is 8.42 Å². The third kappa shape index (κ3) is 5.60. The summed E-state index contributed by atoms with van der Waals surface area (Å²) < 4.78 is 30.6. The number of hydrogen-bond acceptors (Lipinski definition) is 6. The van der Waals surface area contributed by atoms with Crippen molar-refractivity contribution < 1.29 is 13.2 Å². The Bertz CT molecular complexity index is 1360. The van der Waals surface area contributed by atoms with Gasteiger partial charge in [0.2, 0.25) is 10.0 Å². The van der Waals surface area contributed by atoms with Gasteiger partial charge in [0.15, 0.2) is 5.69 Å². The summed E-state index contributed by atoms with van der Waals surface area (Å²) in [6, 6.07) is 15.4. The molecular formula is C24H23N5O3S. The van der Waals surface area contributed by atoms with Crippen molar-refractivity contribution in [3.05, 3.63) is 76.6 Å². The van der Waals surface area contributed by atoms with Crippen LogP contribution in [0, 0.1) is 31.8 Å². The minimum atomic E-state index is -4.12. The molecular weight excluding hydrogens is 438 g/mol. The topological polar surface area (TPSA) is 136 Å². The molecule has 3 aromatic rings. The second-order valence-corrected chi connectivity index (χ2v) is 9.06. The van der Waals surface area contributed by atoms with E-state index in [0.29, 0.717) is 35.7 Å². The summed E-state index contributed by atoms with van der Waals surface area (Å²) in [6.07, 6.45) is 1.02. The molecule has 0 spiro atoms. The Hall–Kier alpha value is -4.05. The molecule has 3 rings (SSSR count). The Morgan fingerprint density at radius 1 is 1.12 bits per heavy atom. The number of sulfonamides is 1. The minimum Gasteiger partial charge on any atom is -0.455 e. The summed E-state index contributed by atoms with van der Waals surface area (Å²) in [5.41, 5.74) is 10.4. The monoisotopic (exact) mass is 461 g/mol. The molecule has 0 saturated carbocycles. The third-order valence-corrected chi connectivity index (χ3v) is 5.89. The van der Waals surface area contributed by atoms with Gasteiger partial charge in [-0.05, 0) is 55.2 Å². The first kappa shape index (κ1) is 23.6. The second-order valence-electron chi connectivity index (χ2n) is 7.53. The van der Waals surface area contributed by atoms with Gasteiger partial charge in [0.25, 0.3) is 0 Å². The van der Waals surface area contributed by atoms with Crippen molar-refractivity contribution in [1.82, 2.24) is 0 Å². The molecule has 0 heterocycles. The first-order chi connectivity index (χ1) is 15.6. The van der Waals surface area contributed by atoms with E-state index < -0.39 is 10.0 Å². The van der Waals surface area contributed by atoms with Crippen LogP contribution in [0.5, 0.6) is 11.5 Å². The summed E-state index contributed by atoms with van der Waals surface area (Å²) in [7, 11) is -4.12. The zero-order chi connectivity index (χ0) is 24.2. The summed E-state index contributed by atoms with van der Waals surface area (Å²) in [5, 5.41) is 17.4. The van der Waals surface area contributed by atoms with Crippen molar-refractivity contribution in [2.24, 2.45) is 5.14 Å². The molecule has 0 aliphatic rings. The zero-order valence-electron chi connectivity index (χ0n) is 18.2. The van der Waals surface area contributed by atoms with Gasteiger partial charge in [-0.1, -0.05) is 24.3 Å². The lowest BCUT2D eigenvalue weighted by molar-refractivity contribution is 0.461. The molecule has 0 unspecified atom stereocenters. The maximum Gasteiger partial charge on any atom is 0.241 e. The van der Waals surface area contributed by atoms with E-state index in [1.165, 1.54) is 12.1 Å². The van der Waals surface area contributed by atoms with Gasteiger partial charge in [-0.2, -0.15) is 5.26 Å². The number of nitrogens with one attached hydrogen (secondary N) is 1. The van der Waals surface area contributed by atoms with Crippen LogP contribution < -0.4 is 20.9 Å². The fraction of sp³-hybridized carbons (Fsp3) is 0.167. The fourth-order valence-electron chi connectivity index (χ4n) is 3.42. The lowest BCUT2D eigenvalue weighted by Crippen LogP contribution is -2.14. The van der Waals surface area contributed by atoms with Crippen molar-refractivity contribution >= 4 is 32.8 Å². The van der Waals surface area contributed by atoms with E-state index in [-0.39, 0.29) is 16.3 Å². The van der Waals surface area contributed by atoms with Gasteiger partial charge in [0, 0.05) is 18.2 Å². The maximum absolute atomic E-state index is 12.2. The van der Waals surface area contributed by atoms with Crippen molar-refractivity contribution in [3.63, 3.8) is 0 Å². The Labute approximate surface area is 193 Å². The number of rotatable bonds is 7. The predicted octanol–water partition coefficient (Wildman–Crippen LogP) is 5.08. The number of benzene rings is 3. The first-order valence-electron chi connectivity index (χ1n) is 9.98. The highest BCUT2D eigenvalue weighted by atomic mass is 32.2. The Kier molecular flexibility index (Phi) is 6.88. The highest BCUT2D eigenvalue weighted by molar-refractivity contribution is 7.89. The predicted molar refractivity (Wildman–Crippen MR) is 128 cm³/mol. The van der Waals surface area contributed by atoms with E-state index >= 15 is 0 Å². The van der Waals surface area contributed by atoms with E-state index in [9.17, 15) is 8.42 Å². The first-order valence-corrected chi connectivity index (χ1v) is 11.5. The number of nitrogen functional groups attached to an aromatic ring is 1. The van der Waals surface area contributed by atoms with Crippen molar-refractivity contribution in [2.75, 3.05) is 11.1 Å². The lowest BCUT2D eigenvalue weighted by atomic mass is 10.0. The van der Waals surface area contributed by atoms with Gasteiger partial charge < -0.3 is 15.8 Å². The summed E-state index contributed by atoms with van der Waals surface area (Å²) in [4.78, 5) is 3.12. The molecule has 0 aromatic heterocycles. The molecule has 0 aliphatic heterocycles. The maximum atomic E-state index is 12.2. The highest BCUT2D eigenvalue weighted by Gasteiger charge is 2.21. The average molecular weight is 462 g/mol. The highest BCUT2D eigenvalue weighted by Crippen LogP contribution is 2.38. The summed E-state index contributed by atoms with van der Waals surface area (Å²) in [6.45, 7) is 10.8. The minimum absolute atomic E-state index is 0.0305. The molecule has 8 nitrogen and oxygen atoms in total. The molecule has 0 atom stereocenters. The fourth-order valence-corrected chi connectivity index (χ4v) is 4.09. The molecule has 0 saturated heterocycles. The Balaban J connectivity index is 2.03. The number of primary sulfonamides is 1. The van der Waals surface area contributed by atoms with Gasteiger partial charge in [0.05, 0.1) is 24.0 Å². The zero-order valence-corrected chi connectivity index (χ0v) is 19.0. The SMILES string of the molecule is [C-]#[N+]c1ccc(Nc2cc(Oc3c(C)cc(CCC#N)cc3C)c(S(N)(=O)=O)cc2N)cc1. The molecule has 0 fully saturated rings. The molecule has 0 amide bonds. The lowest BCUT2D eigenvalue weighted by Gasteiger charge is -2.18. The van der Waals surface area contributed by atoms with Gasteiger partial charge in [-0.25, -0.2) is 18.4 Å². The molecule has 33 heavy (non-hydrogen) atoms. The third-order valence-electron chi connectivity index (χ3n) is 4.96. The number of nitriles is 1. The van der Waals surface area contributed by atoms with Crippen LogP contribution in [-0.2, 0) is 16.4 Å². The molecule has 0 aliphatic carbocycles. The van der Waals surface area contributed by atoms with Crippen LogP contribution in [0.15, 0.2) is 53.4 Å². The smallest absolute Gasteiger partial charge is 0.241 e. The largest absolute Gasteiger partial charge is 0.455 e. The Morgan fingerprint density at radius 3 is 2.30 bits per heavy atom. The van der Waals surface area contributed by atoms with E-state index in [0.717, 1.165) is 16.7 Å². The van der Waals surface area contributed by atoms with Gasteiger partial charge in [-0.3, -0.25) is 0 Å². The molecule has 9 heteroatoms. The number of nitrogens with two attached hydrogens (primary N) is 2. The number of nitrogens with zero attached hydrogens (tertiary/aromatic N) is 2. The van der Waals surface area contributed by atoms with Crippen molar-refractivity contribution in [2.45, 2.75) is 31.6 Å². The Morgan fingerprint density at radius 2 is 1.76 bits per heavy atom. The van der Waals surface area contributed by atoms with E-state index in [2.05, 4.69) is 16.2 Å². The van der Waals surface area contributed by atoms with Crippen LogP contribution in [0.3, 0.4) is 0 Å². The van der Waals surface area contributed by atoms with Crippen LogP contribution in [0.4, 0.5) is 22.7 Å². The van der Waals surface area contributed by atoms with Crippen LogP contribution >= 0.6 is 0 Å². The normalized spacial score (nSPS) is 10.8. The summed E-state index contributed by atoms with van der Waals surface area (Å²) in [5.74, 6) is 0.528. The number of anilines is 3. The van der Waals surface area contributed by atoms with Crippen molar-refractivity contribution in [3.8, 4) is 17.6 Å². The van der Waals surface area contributed by atoms with E-state index in [1.807, 2.05) is 26.0 Å². The van der Waals surface area contributed by atoms with E-state index in [4.69, 9.17) is 27.4 Å². The average Bonchev–Trinajstić information content (AvgIpc) is 2.76. The van der Waals surface area contributed by atoms with E-state index in [1.54, 1.807) is 24.3 Å². The molecule has 5 N–H and O–H groups in total. The standard InChI is InChI=1S/C24H23N5O3S/c1-15-11-17(5-4-10-25)12-16(2)24(15)32-22-14-21(20(26)13-23(22)33(27,30)31)29-19-8-6-18(28-3)7-9-19/h6-9,11-14,29H,4-5,26H2,1-2H3,(H2,27,30,31). The number of hydrogen-bond donors (Lipinski definition) is 3. The number of aryl methyl sites for hydroxylation is 3. The van der Waals surface area contributed by atoms with Crippen molar-refractivity contribution in [1.29, 1.82) is 5.26 Å². The summed E-state index contributed by atoms with van der Waals surface area (Å²) >= 11 is 0. The number of ether oxygens (including phenoxy) is 1. The van der Waals surface area contributed by atoms with Gasteiger partial charge in [-0.15, -0.1) is 0 Å². The molecule has 3 aromatic carbocycles. The van der Waals surface area contributed by atoms with Crippen LogP contribution in [0.25, 0.3) is 4.85 Å². The second kappa shape index (κ2) is 9.61. The molecule has 0 radical (unpaired) electrons. The molecule has 168 valence electrons. The van der Waals surface area contributed by atoms with Gasteiger partial charge in [0.1, 0.15) is 16.4 Å². The van der Waals surface area contributed by atoms with Crippen LogP contribution in [0.2, 0.25) is 0 Å². The van der Waals surface area contributed by atoms with Gasteiger partial charge >= 0.3 is 0 Å². The molecule has 0 bridgehead atoms.